The largest absolute Gasteiger partial charge is 0.493 e. The number of allylic oxidation sites excluding steroid dienone is 1. The fraction of sp³-hybridized carbons (Fsp3) is 0.481. The molecule has 2 fully saturated rings. The zero-order valence-electron chi connectivity index (χ0n) is 20.2. The van der Waals surface area contributed by atoms with Crippen LogP contribution in [-0.4, -0.2) is 80.2 Å². The molecule has 0 bridgehead atoms. The van der Waals surface area contributed by atoms with Gasteiger partial charge in [0.05, 0.1) is 7.11 Å². The van der Waals surface area contributed by atoms with E-state index in [4.69, 9.17) is 9.47 Å². The number of pyridine rings is 1. The summed E-state index contributed by atoms with van der Waals surface area (Å²) in [5.74, 6) is 2.86. The molecule has 1 amide bonds. The molecule has 1 unspecified atom stereocenters. The summed E-state index contributed by atoms with van der Waals surface area (Å²) in [4.78, 5) is 24.2. The van der Waals surface area contributed by atoms with E-state index in [1.54, 1.807) is 7.11 Å². The number of aromatic nitrogens is 1. The molecule has 2 aliphatic heterocycles. The van der Waals surface area contributed by atoms with Gasteiger partial charge >= 0.3 is 0 Å². The van der Waals surface area contributed by atoms with Crippen molar-refractivity contribution < 1.29 is 14.3 Å². The van der Waals surface area contributed by atoms with Crippen molar-refractivity contribution in [2.75, 3.05) is 64.4 Å². The lowest BCUT2D eigenvalue weighted by Gasteiger charge is -2.39. The van der Waals surface area contributed by atoms with Gasteiger partial charge in [0, 0.05) is 52.0 Å². The molecule has 2 saturated heterocycles. The minimum absolute atomic E-state index is 0.0344. The first-order chi connectivity index (χ1) is 16.7. The molecule has 7 nitrogen and oxygen atoms in total. The Morgan fingerprint density at radius 1 is 1.15 bits per heavy atom. The number of amides is 1. The first-order valence-electron chi connectivity index (χ1n) is 12.2. The number of anilines is 1. The minimum atomic E-state index is 0.0344. The average molecular weight is 465 g/mol. The number of rotatable bonds is 9. The summed E-state index contributed by atoms with van der Waals surface area (Å²) < 4.78 is 11.3. The number of carbonyl (C=O) groups is 1. The van der Waals surface area contributed by atoms with Crippen molar-refractivity contribution >= 4 is 11.7 Å². The molecule has 0 spiro atoms. The highest BCUT2D eigenvalue weighted by Crippen LogP contribution is 2.28. The maximum atomic E-state index is 12.9. The predicted octanol–water partition coefficient (Wildman–Crippen LogP) is 3.26. The second-order valence-corrected chi connectivity index (χ2v) is 9.09. The molecule has 0 radical (unpaired) electrons. The van der Waals surface area contributed by atoms with Crippen molar-refractivity contribution in [3.8, 4) is 11.5 Å². The van der Waals surface area contributed by atoms with Crippen LogP contribution in [0, 0.1) is 5.92 Å². The third kappa shape index (κ3) is 6.29. The molecule has 7 heteroatoms. The second kappa shape index (κ2) is 11.9. The molecular formula is C27H36N4O3. The molecule has 0 N–H and O–H groups in total. The summed E-state index contributed by atoms with van der Waals surface area (Å²) in [6.07, 6.45) is 6.69. The molecule has 1 atom stereocenters. The summed E-state index contributed by atoms with van der Waals surface area (Å²) in [5.41, 5.74) is 1.10. The monoisotopic (exact) mass is 464 g/mol. The van der Waals surface area contributed by atoms with Gasteiger partial charge in [-0.15, -0.1) is 6.58 Å². The molecule has 4 rings (SSSR count). The number of piperazine rings is 1. The van der Waals surface area contributed by atoms with E-state index in [0.29, 0.717) is 17.4 Å². The fourth-order valence-corrected chi connectivity index (χ4v) is 4.86. The number of hydrogen-bond acceptors (Lipinski definition) is 6. The summed E-state index contributed by atoms with van der Waals surface area (Å²) in [7, 11) is 1.62. The molecule has 0 aliphatic carbocycles. The van der Waals surface area contributed by atoms with E-state index in [1.807, 2.05) is 47.5 Å². The smallest absolute Gasteiger partial charge is 0.260 e. The number of methoxy groups -OCH3 is 1. The Bertz CT molecular complexity index is 944. The third-order valence-electron chi connectivity index (χ3n) is 6.69. The van der Waals surface area contributed by atoms with Crippen LogP contribution in [0.15, 0.2) is 55.3 Å². The van der Waals surface area contributed by atoms with Gasteiger partial charge in [-0.1, -0.05) is 18.2 Å². The van der Waals surface area contributed by atoms with Gasteiger partial charge in [-0.3, -0.25) is 9.69 Å². The van der Waals surface area contributed by atoms with Crippen molar-refractivity contribution in [1.29, 1.82) is 0 Å². The first kappa shape index (κ1) is 24.1. The number of ether oxygens (including phenoxy) is 2. The number of benzene rings is 1. The Kier molecular flexibility index (Phi) is 8.41. The number of piperidine rings is 1. The zero-order valence-corrected chi connectivity index (χ0v) is 20.2. The minimum Gasteiger partial charge on any atom is -0.493 e. The van der Waals surface area contributed by atoms with Gasteiger partial charge in [0.1, 0.15) is 5.82 Å². The Balaban J connectivity index is 1.24. The van der Waals surface area contributed by atoms with Gasteiger partial charge in [0.15, 0.2) is 18.1 Å². The van der Waals surface area contributed by atoms with E-state index in [2.05, 4.69) is 27.4 Å². The van der Waals surface area contributed by atoms with Crippen LogP contribution in [0.3, 0.4) is 0 Å². The quantitative estimate of drug-likeness (QED) is 0.531. The highest BCUT2D eigenvalue weighted by Gasteiger charge is 2.27. The summed E-state index contributed by atoms with van der Waals surface area (Å²) in [6, 6.07) is 11.9. The van der Waals surface area contributed by atoms with Crippen LogP contribution >= 0.6 is 0 Å². The van der Waals surface area contributed by atoms with E-state index in [-0.39, 0.29) is 12.5 Å². The maximum absolute atomic E-state index is 12.9. The van der Waals surface area contributed by atoms with Crippen molar-refractivity contribution in [1.82, 2.24) is 14.8 Å². The van der Waals surface area contributed by atoms with Crippen LogP contribution in [0.5, 0.6) is 11.5 Å². The Morgan fingerprint density at radius 2 is 2.00 bits per heavy atom. The molecule has 3 heterocycles. The van der Waals surface area contributed by atoms with Gasteiger partial charge in [-0.25, -0.2) is 4.98 Å². The van der Waals surface area contributed by atoms with Gasteiger partial charge in [0.25, 0.3) is 5.91 Å². The summed E-state index contributed by atoms with van der Waals surface area (Å²) in [6.45, 7) is 10.5. The SMILES string of the molecule is C=CCc1ccc(OCC(=O)N2CCCC(CN3CCN(c4ccccn4)CC3)C2)c(OC)c1. The Morgan fingerprint density at radius 3 is 2.74 bits per heavy atom. The van der Waals surface area contributed by atoms with Gasteiger partial charge in [0.2, 0.25) is 0 Å². The summed E-state index contributed by atoms with van der Waals surface area (Å²) in [5, 5.41) is 0. The van der Waals surface area contributed by atoms with Crippen molar-refractivity contribution in [3.05, 3.63) is 60.8 Å². The van der Waals surface area contributed by atoms with Gasteiger partial charge in [-0.05, 0) is 55.0 Å². The molecular weight excluding hydrogens is 428 g/mol. The van der Waals surface area contributed by atoms with Crippen LogP contribution in [0.1, 0.15) is 18.4 Å². The molecule has 2 aliphatic rings. The van der Waals surface area contributed by atoms with E-state index < -0.39 is 0 Å². The Hall–Kier alpha value is -3.06. The lowest BCUT2D eigenvalue weighted by molar-refractivity contribution is -0.135. The normalized spacial score (nSPS) is 19.0. The Labute approximate surface area is 203 Å². The third-order valence-corrected chi connectivity index (χ3v) is 6.69. The second-order valence-electron chi connectivity index (χ2n) is 9.09. The van der Waals surface area contributed by atoms with Crippen molar-refractivity contribution in [3.63, 3.8) is 0 Å². The molecule has 1 aromatic heterocycles. The molecule has 1 aromatic carbocycles. The fourth-order valence-electron chi connectivity index (χ4n) is 4.86. The van der Waals surface area contributed by atoms with Crippen LogP contribution in [0.4, 0.5) is 5.82 Å². The zero-order chi connectivity index (χ0) is 23.8. The van der Waals surface area contributed by atoms with E-state index >= 15 is 0 Å². The van der Waals surface area contributed by atoms with Crippen LogP contribution in [0.2, 0.25) is 0 Å². The molecule has 2 aromatic rings. The van der Waals surface area contributed by atoms with Gasteiger partial charge < -0.3 is 19.3 Å². The van der Waals surface area contributed by atoms with E-state index in [1.165, 1.54) is 6.42 Å². The van der Waals surface area contributed by atoms with E-state index in [0.717, 1.165) is 70.0 Å². The lowest BCUT2D eigenvalue weighted by Crippen LogP contribution is -2.50. The van der Waals surface area contributed by atoms with Crippen molar-refractivity contribution in [2.24, 2.45) is 5.92 Å². The van der Waals surface area contributed by atoms with E-state index in [9.17, 15) is 4.79 Å². The highest BCUT2D eigenvalue weighted by molar-refractivity contribution is 5.78. The standard InChI is InChI=1S/C27H36N4O3/c1-3-7-22-10-11-24(25(18-22)33-2)34-21-27(32)31-13-6-8-23(20-31)19-29-14-16-30(17-15-29)26-9-4-5-12-28-26/h3-5,9-12,18,23H,1,6-8,13-17,19-21H2,2H3. The van der Waals surface area contributed by atoms with Crippen LogP contribution < -0.4 is 14.4 Å². The lowest BCUT2D eigenvalue weighted by atomic mass is 9.97. The first-order valence-corrected chi connectivity index (χ1v) is 12.2. The van der Waals surface area contributed by atoms with Crippen LogP contribution in [-0.2, 0) is 11.2 Å². The topological polar surface area (TPSA) is 58.1 Å². The maximum Gasteiger partial charge on any atom is 0.260 e. The highest BCUT2D eigenvalue weighted by atomic mass is 16.5. The molecule has 34 heavy (non-hydrogen) atoms. The number of carbonyl (C=O) groups excluding carboxylic acids is 1. The summed E-state index contributed by atoms with van der Waals surface area (Å²) >= 11 is 0. The predicted molar refractivity (Wildman–Crippen MR) is 135 cm³/mol. The molecule has 182 valence electrons. The molecule has 0 saturated carbocycles. The van der Waals surface area contributed by atoms with Gasteiger partial charge in [-0.2, -0.15) is 0 Å². The number of nitrogens with zero attached hydrogens (tertiary/aromatic N) is 4. The van der Waals surface area contributed by atoms with Crippen LogP contribution in [0.25, 0.3) is 0 Å². The average Bonchev–Trinajstić information content (AvgIpc) is 2.89. The number of likely N-dealkylation sites (tertiary alicyclic amines) is 1. The van der Waals surface area contributed by atoms with Crippen molar-refractivity contribution in [2.45, 2.75) is 19.3 Å². The number of hydrogen-bond donors (Lipinski definition) is 0.